The van der Waals surface area contributed by atoms with Crippen LogP contribution in [0.4, 0.5) is 0 Å². The van der Waals surface area contributed by atoms with Gasteiger partial charge in [0.15, 0.2) is 0 Å². The molecule has 0 aromatic carbocycles. The van der Waals surface area contributed by atoms with Gasteiger partial charge in [-0.3, -0.25) is 9.69 Å². The molecule has 2 saturated heterocycles. The Morgan fingerprint density at radius 2 is 2.33 bits per heavy atom. The summed E-state index contributed by atoms with van der Waals surface area (Å²) in [6.07, 6.45) is 3.28. The molecule has 2 aliphatic rings. The van der Waals surface area contributed by atoms with E-state index < -0.39 is 0 Å². The van der Waals surface area contributed by atoms with E-state index in [0.717, 1.165) is 52.0 Å². The molecule has 0 bridgehead atoms. The number of hydrogen-bond acceptors (Lipinski definition) is 4. The molecule has 1 amide bonds. The minimum Gasteiger partial charge on any atom is -0.378 e. The van der Waals surface area contributed by atoms with Crippen LogP contribution in [0.5, 0.6) is 0 Å². The van der Waals surface area contributed by atoms with Crippen LogP contribution in [0.3, 0.4) is 0 Å². The van der Waals surface area contributed by atoms with E-state index in [1.54, 1.807) is 0 Å². The van der Waals surface area contributed by atoms with Crippen LogP contribution in [0, 0.1) is 0 Å². The Morgan fingerprint density at radius 1 is 1.44 bits per heavy atom. The van der Waals surface area contributed by atoms with Gasteiger partial charge < -0.3 is 15.4 Å². The summed E-state index contributed by atoms with van der Waals surface area (Å²) in [6.45, 7) is 7.41. The zero-order valence-electron chi connectivity index (χ0n) is 11.3. The number of rotatable bonds is 3. The van der Waals surface area contributed by atoms with Gasteiger partial charge in [-0.2, -0.15) is 0 Å². The van der Waals surface area contributed by atoms with Crippen molar-refractivity contribution < 1.29 is 9.53 Å². The van der Waals surface area contributed by atoms with Gasteiger partial charge in [-0.1, -0.05) is 0 Å². The molecule has 0 radical (unpaired) electrons. The number of hydrogen-bond donors (Lipinski definition) is 2. The van der Waals surface area contributed by atoms with E-state index in [2.05, 4.69) is 22.5 Å². The molecule has 0 saturated carbocycles. The summed E-state index contributed by atoms with van der Waals surface area (Å²) in [5.41, 5.74) is 0. The van der Waals surface area contributed by atoms with Crippen LogP contribution < -0.4 is 10.6 Å². The molecule has 2 fully saturated rings. The zero-order chi connectivity index (χ0) is 12.8. The molecule has 2 heterocycles. The molecule has 18 heavy (non-hydrogen) atoms. The lowest BCUT2D eigenvalue weighted by molar-refractivity contribution is -0.123. The molecular formula is C13H25N3O2. The average Bonchev–Trinajstić information content (AvgIpc) is 2.57. The molecule has 0 spiro atoms. The third-order valence-corrected chi connectivity index (χ3v) is 3.65. The molecule has 0 aromatic rings. The molecule has 2 rings (SSSR count). The van der Waals surface area contributed by atoms with Crippen molar-refractivity contribution in [1.29, 1.82) is 0 Å². The highest BCUT2D eigenvalue weighted by atomic mass is 16.5. The van der Waals surface area contributed by atoms with Crippen LogP contribution in [0.25, 0.3) is 0 Å². The fraction of sp³-hybridized carbons (Fsp3) is 0.923. The van der Waals surface area contributed by atoms with E-state index in [1.807, 2.05) is 0 Å². The molecule has 0 aromatic heterocycles. The Morgan fingerprint density at radius 3 is 3.17 bits per heavy atom. The van der Waals surface area contributed by atoms with Gasteiger partial charge in [-0.15, -0.1) is 0 Å². The van der Waals surface area contributed by atoms with Gasteiger partial charge in [-0.05, 0) is 39.3 Å². The van der Waals surface area contributed by atoms with E-state index in [4.69, 9.17) is 4.74 Å². The van der Waals surface area contributed by atoms with E-state index in [-0.39, 0.29) is 12.0 Å². The third-order valence-electron chi connectivity index (χ3n) is 3.65. The maximum absolute atomic E-state index is 12.0. The molecule has 5 heteroatoms. The lowest BCUT2D eigenvalue weighted by atomic mass is 10.0. The normalized spacial score (nSPS) is 30.7. The van der Waals surface area contributed by atoms with Gasteiger partial charge in [0.25, 0.3) is 0 Å². The highest BCUT2D eigenvalue weighted by Gasteiger charge is 2.21. The van der Waals surface area contributed by atoms with Crippen LogP contribution in [-0.4, -0.2) is 62.3 Å². The molecule has 5 nitrogen and oxygen atoms in total. The monoisotopic (exact) mass is 255 g/mol. The minimum absolute atomic E-state index is 0.163. The van der Waals surface area contributed by atoms with Gasteiger partial charge >= 0.3 is 0 Å². The van der Waals surface area contributed by atoms with E-state index in [9.17, 15) is 4.79 Å². The molecular weight excluding hydrogens is 230 g/mol. The smallest absolute Gasteiger partial charge is 0.234 e. The SMILES string of the molecule is CC1CC(NC(=O)CN2CCCNCC2)CCO1. The number of amides is 1. The standard InChI is InChI=1S/C13H25N3O2/c1-11-9-12(3-8-18-11)15-13(17)10-16-6-2-4-14-5-7-16/h11-12,14H,2-10H2,1H3,(H,15,17). The highest BCUT2D eigenvalue weighted by Crippen LogP contribution is 2.12. The molecule has 0 aliphatic carbocycles. The molecule has 2 N–H and O–H groups in total. The molecule has 2 aliphatic heterocycles. The second kappa shape index (κ2) is 7.07. The summed E-state index contributed by atoms with van der Waals surface area (Å²) < 4.78 is 5.49. The van der Waals surface area contributed by atoms with Crippen LogP contribution in [0.2, 0.25) is 0 Å². The third kappa shape index (κ3) is 4.55. The Hall–Kier alpha value is -0.650. The van der Waals surface area contributed by atoms with Crippen LogP contribution in [0.1, 0.15) is 26.2 Å². The summed E-state index contributed by atoms with van der Waals surface area (Å²) in [7, 11) is 0. The summed E-state index contributed by atoms with van der Waals surface area (Å²) in [4.78, 5) is 14.2. The van der Waals surface area contributed by atoms with E-state index >= 15 is 0 Å². The minimum atomic E-state index is 0.163. The maximum Gasteiger partial charge on any atom is 0.234 e. The summed E-state index contributed by atoms with van der Waals surface area (Å²) in [6, 6.07) is 0.298. The van der Waals surface area contributed by atoms with Crippen molar-refractivity contribution in [2.24, 2.45) is 0 Å². The Balaban J connectivity index is 1.70. The quantitative estimate of drug-likeness (QED) is 0.743. The zero-order valence-corrected chi connectivity index (χ0v) is 11.3. The van der Waals surface area contributed by atoms with Gasteiger partial charge in [0.1, 0.15) is 0 Å². The first-order chi connectivity index (χ1) is 8.74. The van der Waals surface area contributed by atoms with Crippen molar-refractivity contribution in [1.82, 2.24) is 15.5 Å². The number of carbonyl (C=O) groups is 1. The lowest BCUT2D eigenvalue weighted by Gasteiger charge is -2.29. The van der Waals surface area contributed by atoms with Gasteiger partial charge in [0, 0.05) is 25.7 Å². The Bertz CT molecular complexity index is 259. The van der Waals surface area contributed by atoms with E-state index in [0.29, 0.717) is 12.6 Å². The number of ether oxygens (including phenoxy) is 1. The summed E-state index contributed by atoms with van der Waals surface area (Å²) >= 11 is 0. The Labute approximate surface area is 109 Å². The second-order valence-corrected chi connectivity index (χ2v) is 5.35. The van der Waals surface area contributed by atoms with E-state index in [1.165, 1.54) is 0 Å². The summed E-state index contributed by atoms with van der Waals surface area (Å²) in [5.74, 6) is 0.163. The van der Waals surface area contributed by atoms with Gasteiger partial charge in [-0.25, -0.2) is 0 Å². The first kappa shape index (κ1) is 13.8. The Kier molecular flexibility index (Phi) is 5.41. The van der Waals surface area contributed by atoms with Crippen molar-refractivity contribution in [3.63, 3.8) is 0 Å². The summed E-state index contributed by atoms with van der Waals surface area (Å²) in [5, 5.41) is 6.48. The largest absolute Gasteiger partial charge is 0.378 e. The number of carbonyl (C=O) groups excluding carboxylic acids is 1. The van der Waals surface area contributed by atoms with Gasteiger partial charge in [0.05, 0.1) is 12.6 Å². The molecule has 104 valence electrons. The fourth-order valence-electron chi connectivity index (χ4n) is 2.67. The second-order valence-electron chi connectivity index (χ2n) is 5.35. The number of nitrogens with zero attached hydrogens (tertiary/aromatic N) is 1. The fourth-order valence-corrected chi connectivity index (χ4v) is 2.67. The predicted molar refractivity (Wildman–Crippen MR) is 70.5 cm³/mol. The van der Waals surface area contributed by atoms with Crippen molar-refractivity contribution in [3.05, 3.63) is 0 Å². The molecule has 2 atom stereocenters. The molecule has 2 unspecified atom stereocenters. The highest BCUT2D eigenvalue weighted by molar-refractivity contribution is 5.78. The predicted octanol–water partition coefficient (Wildman–Crippen LogP) is -0.0346. The average molecular weight is 255 g/mol. The van der Waals surface area contributed by atoms with Gasteiger partial charge in [0.2, 0.25) is 5.91 Å². The lowest BCUT2D eigenvalue weighted by Crippen LogP contribution is -2.46. The van der Waals surface area contributed by atoms with Crippen molar-refractivity contribution in [2.45, 2.75) is 38.3 Å². The van der Waals surface area contributed by atoms with Crippen LogP contribution in [-0.2, 0) is 9.53 Å². The maximum atomic E-state index is 12.0. The first-order valence-electron chi connectivity index (χ1n) is 7.08. The van der Waals surface area contributed by atoms with Crippen LogP contribution >= 0.6 is 0 Å². The first-order valence-corrected chi connectivity index (χ1v) is 7.08. The topological polar surface area (TPSA) is 53.6 Å². The van der Waals surface area contributed by atoms with Crippen molar-refractivity contribution in [3.8, 4) is 0 Å². The number of nitrogens with one attached hydrogen (secondary N) is 2. The van der Waals surface area contributed by atoms with Crippen molar-refractivity contribution in [2.75, 3.05) is 39.3 Å². The van der Waals surface area contributed by atoms with Crippen LogP contribution in [0.15, 0.2) is 0 Å². The van der Waals surface area contributed by atoms with Crippen molar-refractivity contribution >= 4 is 5.91 Å².